The van der Waals surface area contributed by atoms with Gasteiger partial charge in [-0.25, -0.2) is 0 Å². The minimum absolute atomic E-state index is 0.294. The molecule has 0 atom stereocenters. The summed E-state index contributed by atoms with van der Waals surface area (Å²) in [6.45, 7) is 0.371. The van der Waals surface area contributed by atoms with Crippen LogP contribution >= 0.6 is 11.6 Å². The molecule has 0 spiro atoms. The number of nitrogen functional groups attached to an aromatic ring is 1. The van der Waals surface area contributed by atoms with Crippen LogP contribution in [0.1, 0.15) is 15.9 Å². The molecule has 2 aromatic carbocycles. The maximum atomic E-state index is 12.5. The van der Waals surface area contributed by atoms with Crippen molar-refractivity contribution in [3.63, 3.8) is 0 Å². The van der Waals surface area contributed by atoms with Gasteiger partial charge >= 0.3 is 0 Å². The number of hydrogen-bond donors (Lipinski definition) is 2. The van der Waals surface area contributed by atoms with E-state index in [9.17, 15) is 4.79 Å². The third-order valence-electron chi connectivity index (χ3n) is 4.03. The van der Waals surface area contributed by atoms with E-state index < -0.39 is 0 Å². The summed E-state index contributed by atoms with van der Waals surface area (Å²) < 4.78 is 21.3. The molecule has 0 saturated heterocycles. The first-order valence-electron chi connectivity index (χ1n) is 8.15. The summed E-state index contributed by atoms with van der Waals surface area (Å²) in [6.07, 6.45) is 0.528. The average Bonchev–Trinajstić information content (AvgIpc) is 2.68. The molecule has 0 fully saturated rings. The fourth-order valence-corrected chi connectivity index (χ4v) is 2.85. The van der Waals surface area contributed by atoms with Gasteiger partial charge in [0.15, 0.2) is 11.5 Å². The first-order chi connectivity index (χ1) is 13.0. The Morgan fingerprint density at radius 1 is 1.00 bits per heavy atom. The second-order valence-electron chi connectivity index (χ2n) is 5.57. The molecule has 3 N–H and O–H groups in total. The van der Waals surface area contributed by atoms with E-state index in [1.165, 1.54) is 19.2 Å². The van der Waals surface area contributed by atoms with Crippen molar-refractivity contribution in [1.82, 2.24) is 5.32 Å². The Morgan fingerprint density at radius 2 is 1.67 bits per heavy atom. The lowest BCUT2D eigenvalue weighted by atomic mass is 10.1. The van der Waals surface area contributed by atoms with Crippen LogP contribution in [0.4, 0.5) is 5.69 Å². The van der Waals surface area contributed by atoms with E-state index in [1.54, 1.807) is 27.4 Å². The molecular formula is C19H23ClN2O5. The van der Waals surface area contributed by atoms with E-state index in [0.29, 0.717) is 52.2 Å². The van der Waals surface area contributed by atoms with Gasteiger partial charge in [0.1, 0.15) is 5.75 Å². The van der Waals surface area contributed by atoms with Crippen LogP contribution in [-0.4, -0.2) is 40.9 Å². The monoisotopic (exact) mass is 394 g/mol. The van der Waals surface area contributed by atoms with Gasteiger partial charge in [-0.1, -0.05) is 17.7 Å². The number of nitrogens with one attached hydrogen (secondary N) is 1. The Balaban J connectivity index is 2.13. The Labute approximate surface area is 163 Å². The molecule has 2 rings (SSSR count). The van der Waals surface area contributed by atoms with E-state index in [4.69, 9.17) is 36.3 Å². The molecule has 0 heterocycles. The van der Waals surface area contributed by atoms with Crippen molar-refractivity contribution in [2.45, 2.75) is 6.42 Å². The number of nitrogens with two attached hydrogens (primary N) is 1. The maximum absolute atomic E-state index is 12.5. The molecule has 0 aliphatic rings. The molecule has 2 aromatic rings. The number of carbonyl (C=O) groups excluding carboxylic acids is 1. The molecule has 7 nitrogen and oxygen atoms in total. The minimum Gasteiger partial charge on any atom is -0.496 e. The zero-order valence-corrected chi connectivity index (χ0v) is 16.5. The number of anilines is 1. The minimum atomic E-state index is -0.312. The smallest absolute Gasteiger partial charge is 0.255 e. The standard InChI is InChI=1S/C19H23ClN2O5/c1-24-15-6-5-11(17(26-3)18(15)27-4)7-8-22-19(23)12-9-13(20)14(21)10-16(12)25-2/h5-6,9-10H,7-8,21H2,1-4H3,(H,22,23). The normalized spacial score (nSPS) is 10.3. The van der Waals surface area contributed by atoms with E-state index in [2.05, 4.69) is 5.32 Å². The third kappa shape index (κ3) is 4.49. The number of hydrogen-bond acceptors (Lipinski definition) is 6. The molecular weight excluding hydrogens is 372 g/mol. The van der Waals surface area contributed by atoms with Crippen molar-refractivity contribution >= 4 is 23.2 Å². The number of methoxy groups -OCH3 is 4. The van der Waals surface area contributed by atoms with Gasteiger partial charge in [-0.05, 0) is 18.6 Å². The largest absolute Gasteiger partial charge is 0.496 e. The number of rotatable bonds is 8. The Hall–Kier alpha value is -2.80. The summed E-state index contributed by atoms with van der Waals surface area (Å²) in [6, 6.07) is 6.67. The maximum Gasteiger partial charge on any atom is 0.255 e. The van der Waals surface area contributed by atoms with Gasteiger partial charge in [0.05, 0.1) is 44.7 Å². The van der Waals surface area contributed by atoms with Crippen LogP contribution in [0.3, 0.4) is 0 Å². The van der Waals surface area contributed by atoms with Gasteiger partial charge in [-0.15, -0.1) is 0 Å². The van der Waals surface area contributed by atoms with E-state index in [0.717, 1.165) is 5.56 Å². The second-order valence-corrected chi connectivity index (χ2v) is 5.98. The Kier molecular flexibility index (Phi) is 7.01. The molecule has 1 amide bonds. The van der Waals surface area contributed by atoms with Crippen molar-refractivity contribution in [2.24, 2.45) is 0 Å². The SMILES string of the molecule is COc1cc(N)c(Cl)cc1C(=O)NCCc1ccc(OC)c(OC)c1OC. The summed E-state index contributed by atoms with van der Waals surface area (Å²) in [7, 11) is 6.12. The molecule has 0 aromatic heterocycles. The highest BCUT2D eigenvalue weighted by Crippen LogP contribution is 2.39. The lowest BCUT2D eigenvalue weighted by molar-refractivity contribution is 0.0951. The number of ether oxygens (including phenoxy) is 4. The molecule has 0 radical (unpaired) electrons. The molecule has 146 valence electrons. The summed E-state index contributed by atoms with van der Waals surface area (Å²) in [5, 5.41) is 3.13. The molecule has 0 saturated carbocycles. The van der Waals surface area contributed by atoms with Crippen molar-refractivity contribution < 1.29 is 23.7 Å². The van der Waals surface area contributed by atoms with Gasteiger partial charge in [0.2, 0.25) is 5.75 Å². The molecule has 0 unspecified atom stereocenters. The summed E-state index contributed by atoms with van der Waals surface area (Å²) in [5.74, 6) is 1.70. The summed E-state index contributed by atoms with van der Waals surface area (Å²) in [4.78, 5) is 12.5. The van der Waals surface area contributed by atoms with Crippen LogP contribution in [0.5, 0.6) is 23.0 Å². The second kappa shape index (κ2) is 9.23. The molecule has 27 heavy (non-hydrogen) atoms. The van der Waals surface area contributed by atoms with Gasteiger partial charge in [0, 0.05) is 18.2 Å². The van der Waals surface area contributed by atoms with Crippen LogP contribution in [0.2, 0.25) is 5.02 Å². The zero-order valence-electron chi connectivity index (χ0n) is 15.7. The predicted molar refractivity (Wildman–Crippen MR) is 105 cm³/mol. The summed E-state index contributed by atoms with van der Waals surface area (Å²) in [5.41, 5.74) is 7.28. The van der Waals surface area contributed by atoms with Gasteiger partial charge in [-0.2, -0.15) is 0 Å². The first-order valence-corrected chi connectivity index (χ1v) is 8.53. The Morgan fingerprint density at radius 3 is 2.26 bits per heavy atom. The number of amides is 1. The van der Waals surface area contributed by atoms with Crippen molar-refractivity contribution in [3.05, 3.63) is 40.4 Å². The van der Waals surface area contributed by atoms with E-state index in [1.807, 2.05) is 6.07 Å². The lowest BCUT2D eigenvalue weighted by Crippen LogP contribution is -2.26. The van der Waals surface area contributed by atoms with Crippen LogP contribution in [-0.2, 0) is 6.42 Å². The van der Waals surface area contributed by atoms with Gasteiger partial charge in [-0.3, -0.25) is 4.79 Å². The van der Waals surface area contributed by atoms with E-state index in [-0.39, 0.29) is 5.91 Å². The number of carbonyl (C=O) groups is 1. The Bertz CT molecular complexity index is 826. The highest BCUT2D eigenvalue weighted by molar-refractivity contribution is 6.33. The van der Waals surface area contributed by atoms with Gasteiger partial charge in [0.25, 0.3) is 5.91 Å². The quantitative estimate of drug-likeness (QED) is 0.669. The van der Waals surface area contributed by atoms with Crippen LogP contribution < -0.4 is 30.0 Å². The van der Waals surface area contributed by atoms with Crippen LogP contribution in [0, 0.1) is 0 Å². The zero-order chi connectivity index (χ0) is 20.0. The number of benzene rings is 2. The topological polar surface area (TPSA) is 92.0 Å². The highest BCUT2D eigenvalue weighted by atomic mass is 35.5. The lowest BCUT2D eigenvalue weighted by Gasteiger charge is -2.16. The van der Waals surface area contributed by atoms with Gasteiger partial charge < -0.3 is 30.0 Å². The third-order valence-corrected chi connectivity index (χ3v) is 4.36. The number of halogens is 1. The molecule has 0 aliphatic carbocycles. The summed E-state index contributed by atoms with van der Waals surface area (Å²) >= 11 is 6.02. The fourth-order valence-electron chi connectivity index (χ4n) is 2.68. The molecule has 0 aliphatic heterocycles. The van der Waals surface area contributed by atoms with Crippen molar-refractivity contribution in [1.29, 1.82) is 0 Å². The van der Waals surface area contributed by atoms with Crippen molar-refractivity contribution in [3.8, 4) is 23.0 Å². The predicted octanol–water partition coefficient (Wildman–Crippen LogP) is 2.93. The van der Waals surface area contributed by atoms with Crippen molar-refractivity contribution in [2.75, 3.05) is 40.7 Å². The average molecular weight is 395 g/mol. The fraction of sp³-hybridized carbons (Fsp3) is 0.316. The highest BCUT2D eigenvalue weighted by Gasteiger charge is 2.17. The first kappa shape index (κ1) is 20.5. The van der Waals surface area contributed by atoms with E-state index >= 15 is 0 Å². The van der Waals surface area contributed by atoms with Crippen LogP contribution in [0.25, 0.3) is 0 Å². The van der Waals surface area contributed by atoms with Crippen LogP contribution in [0.15, 0.2) is 24.3 Å². The molecule has 8 heteroatoms. The molecule has 0 bridgehead atoms.